The molecule has 2 aromatic carbocycles. The predicted molar refractivity (Wildman–Crippen MR) is 120 cm³/mol. The molecule has 0 aromatic heterocycles. The van der Waals surface area contributed by atoms with E-state index >= 15 is 0 Å². The quantitative estimate of drug-likeness (QED) is 0.422. The van der Waals surface area contributed by atoms with Crippen LogP contribution in [0.1, 0.15) is 34.6 Å². The number of ether oxygens (including phenoxy) is 2. The Balaban J connectivity index is 1.64. The molecule has 1 saturated heterocycles. The van der Waals surface area contributed by atoms with Gasteiger partial charge in [-0.2, -0.15) is 4.31 Å². The van der Waals surface area contributed by atoms with E-state index in [1.807, 2.05) is 6.92 Å². The number of ketones is 1. The summed E-state index contributed by atoms with van der Waals surface area (Å²) in [6.07, 6.45) is 0. The summed E-state index contributed by atoms with van der Waals surface area (Å²) in [7, 11) is -3.70. The van der Waals surface area contributed by atoms with Gasteiger partial charge in [-0.1, -0.05) is 24.3 Å². The van der Waals surface area contributed by atoms with Crippen molar-refractivity contribution in [3.05, 3.63) is 59.7 Å². The minimum Gasteiger partial charge on any atom is -0.490 e. The SMILES string of the molecule is CCOCCOc1ccccc1C(=O)N1CCN(S(=O)(=O)c2ccc(C(C)=O)cc2)CC1. The molecule has 1 aliphatic heterocycles. The standard InChI is InChI=1S/C23H28N2O6S/c1-3-30-16-17-31-22-7-5-4-6-21(22)23(27)24-12-14-25(15-13-24)32(28,29)20-10-8-19(9-11-20)18(2)26/h4-11H,3,12-17H2,1-2H3. The normalized spacial score (nSPS) is 14.9. The Morgan fingerprint density at radius 3 is 2.22 bits per heavy atom. The van der Waals surface area contributed by atoms with Crippen LogP contribution in [0.2, 0.25) is 0 Å². The maximum Gasteiger partial charge on any atom is 0.257 e. The maximum atomic E-state index is 13.1. The van der Waals surface area contributed by atoms with E-state index in [0.717, 1.165) is 0 Å². The molecule has 0 radical (unpaired) electrons. The fraction of sp³-hybridized carbons (Fsp3) is 0.391. The van der Waals surface area contributed by atoms with E-state index in [2.05, 4.69) is 0 Å². The number of carbonyl (C=O) groups excluding carboxylic acids is 2. The number of carbonyl (C=O) groups is 2. The first-order valence-electron chi connectivity index (χ1n) is 10.5. The third-order valence-electron chi connectivity index (χ3n) is 5.23. The summed E-state index contributed by atoms with van der Waals surface area (Å²) >= 11 is 0. The van der Waals surface area contributed by atoms with E-state index in [1.54, 1.807) is 29.2 Å². The van der Waals surface area contributed by atoms with Gasteiger partial charge in [-0.3, -0.25) is 9.59 Å². The van der Waals surface area contributed by atoms with Crippen LogP contribution >= 0.6 is 0 Å². The van der Waals surface area contributed by atoms with Crippen LogP contribution in [-0.4, -0.2) is 75.3 Å². The molecular weight excluding hydrogens is 432 g/mol. The van der Waals surface area contributed by atoms with Crippen LogP contribution in [0.4, 0.5) is 0 Å². The minimum atomic E-state index is -3.70. The van der Waals surface area contributed by atoms with Gasteiger partial charge >= 0.3 is 0 Å². The lowest BCUT2D eigenvalue weighted by atomic mass is 10.1. The average molecular weight is 461 g/mol. The van der Waals surface area contributed by atoms with Crippen LogP contribution in [-0.2, 0) is 14.8 Å². The fourth-order valence-electron chi connectivity index (χ4n) is 3.44. The van der Waals surface area contributed by atoms with Gasteiger partial charge in [0.15, 0.2) is 5.78 Å². The zero-order valence-electron chi connectivity index (χ0n) is 18.3. The number of rotatable bonds is 9. The number of hydrogen-bond donors (Lipinski definition) is 0. The van der Waals surface area contributed by atoms with E-state index in [4.69, 9.17) is 9.47 Å². The first-order chi connectivity index (χ1) is 15.3. The monoisotopic (exact) mass is 460 g/mol. The van der Waals surface area contributed by atoms with Gasteiger partial charge in [-0.05, 0) is 38.1 Å². The van der Waals surface area contributed by atoms with Crippen molar-refractivity contribution in [2.75, 3.05) is 46.0 Å². The van der Waals surface area contributed by atoms with Crippen LogP contribution in [0.25, 0.3) is 0 Å². The van der Waals surface area contributed by atoms with Crippen molar-refractivity contribution in [2.45, 2.75) is 18.7 Å². The molecule has 0 spiro atoms. The topological polar surface area (TPSA) is 93.2 Å². The zero-order valence-corrected chi connectivity index (χ0v) is 19.1. The largest absolute Gasteiger partial charge is 0.490 e. The maximum absolute atomic E-state index is 13.1. The van der Waals surface area contributed by atoms with Crippen molar-refractivity contribution in [1.29, 1.82) is 0 Å². The molecule has 0 saturated carbocycles. The lowest BCUT2D eigenvalue weighted by molar-refractivity contribution is 0.0688. The first kappa shape index (κ1) is 23.9. The Morgan fingerprint density at radius 2 is 1.59 bits per heavy atom. The molecule has 172 valence electrons. The van der Waals surface area contributed by atoms with Crippen LogP contribution < -0.4 is 4.74 Å². The summed E-state index contributed by atoms with van der Waals surface area (Å²) in [6.45, 7) is 5.63. The fourth-order valence-corrected chi connectivity index (χ4v) is 4.86. The lowest BCUT2D eigenvalue weighted by Gasteiger charge is -2.34. The average Bonchev–Trinajstić information content (AvgIpc) is 2.82. The van der Waals surface area contributed by atoms with Gasteiger partial charge in [-0.25, -0.2) is 8.42 Å². The summed E-state index contributed by atoms with van der Waals surface area (Å²) in [4.78, 5) is 26.2. The second-order valence-corrected chi connectivity index (χ2v) is 9.26. The number of benzene rings is 2. The molecule has 3 rings (SSSR count). The second-order valence-electron chi connectivity index (χ2n) is 7.32. The van der Waals surface area contributed by atoms with Crippen molar-refractivity contribution in [3.63, 3.8) is 0 Å². The van der Waals surface area contributed by atoms with Gasteiger partial charge in [0, 0.05) is 38.3 Å². The van der Waals surface area contributed by atoms with Crippen LogP contribution in [0.3, 0.4) is 0 Å². The van der Waals surface area contributed by atoms with E-state index in [0.29, 0.717) is 36.7 Å². The molecule has 2 aromatic rings. The van der Waals surface area contributed by atoms with Crippen molar-refractivity contribution in [1.82, 2.24) is 9.21 Å². The Hall–Kier alpha value is -2.75. The molecule has 9 heteroatoms. The molecule has 32 heavy (non-hydrogen) atoms. The smallest absolute Gasteiger partial charge is 0.257 e. The highest BCUT2D eigenvalue weighted by molar-refractivity contribution is 7.89. The molecule has 1 amide bonds. The van der Waals surface area contributed by atoms with E-state index < -0.39 is 10.0 Å². The van der Waals surface area contributed by atoms with Crippen molar-refractivity contribution in [3.8, 4) is 5.75 Å². The summed E-state index contributed by atoms with van der Waals surface area (Å²) in [5.41, 5.74) is 0.904. The molecule has 0 bridgehead atoms. The minimum absolute atomic E-state index is 0.122. The molecule has 1 aliphatic rings. The summed E-state index contributed by atoms with van der Waals surface area (Å²) in [6, 6.07) is 12.9. The molecule has 0 atom stereocenters. The predicted octanol–water partition coefficient (Wildman–Crippen LogP) is 2.45. The van der Waals surface area contributed by atoms with Gasteiger partial charge in [-0.15, -0.1) is 0 Å². The zero-order chi connectivity index (χ0) is 23.1. The molecule has 0 N–H and O–H groups in total. The van der Waals surface area contributed by atoms with Gasteiger partial charge in [0.05, 0.1) is 17.1 Å². The van der Waals surface area contributed by atoms with E-state index in [9.17, 15) is 18.0 Å². The summed E-state index contributed by atoms with van der Waals surface area (Å²) < 4.78 is 38.2. The number of Topliss-reactive ketones (excluding diaryl/α,β-unsaturated/α-hetero) is 1. The molecule has 8 nitrogen and oxygen atoms in total. The van der Waals surface area contributed by atoms with E-state index in [1.165, 1.54) is 35.5 Å². The Labute approximate surface area is 188 Å². The van der Waals surface area contributed by atoms with Gasteiger partial charge in [0.1, 0.15) is 12.4 Å². The number of hydrogen-bond acceptors (Lipinski definition) is 6. The Bertz CT molecular complexity index is 1040. The third-order valence-corrected chi connectivity index (χ3v) is 7.14. The molecule has 1 fully saturated rings. The van der Waals surface area contributed by atoms with Crippen molar-refractivity contribution >= 4 is 21.7 Å². The number of amides is 1. The summed E-state index contributed by atoms with van der Waals surface area (Å²) in [5, 5.41) is 0. The van der Waals surface area contributed by atoms with Crippen LogP contribution in [0.5, 0.6) is 5.75 Å². The number of sulfonamides is 1. The second kappa shape index (κ2) is 10.7. The number of para-hydroxylation sites is 1. The highest BCUT2D eigenvalue weighted by atomic mass is 32.2. The molecular formula is C23H28N2O6S. The van der Waals surface area contributed by atoms with E-state index in [-0.39, 0.29) is 42.8 Å². The summed E-state index contributed by atoms with van der Waals surface area (Å²) in [5.74, 6) is 0.168. The van der Waals surface area contributed by atoms with Gasteiger partial charge in [0.2, 0.25) is 10.0 Å². The highest BCUT2D eigenvalue weighted by Gasteiger charge is 2.31. The van der Waals surface area contributed by atoms with Crippen LogP contribution in [0.15, 0.2) is 53.4 Å². The van der Waals surface area contributed by atoms with Crippen molar-refractivity contribution < 1.29 is 27.5 Å². The number of nitrogens with zero attached hydrogens (tertiary/aromatic N) is 2. The Kier molecular flexibility index (Phi) is 8.00. The molecule has 1 heterocycles. The van der Waals surface area contributed by atoms with Gasteiger partial charge in [0.25, 0.3) is 5.91 Å². The van der Waals surface area contributed by atoms with Crippen molar-refractivity contribution in [2.24, 2.45) is 0 Å². The molecule has 0 aliphatic carbocycles. The van der Waals surface area contributed by atoms with Crippen LogP contribution in [0, 0.1) is 0 Å². The third kappa shape index (κ3) is 5.53. The Morgan fingerprint density at radius 1 is 0.938 bits per heavy atom. The number of piperazine rings is 1. The van der Waals surface area contributed by atoms with Gasteiger partial charge < -0.3 is 14.4 Å². The highest BCUT2D eigenvalue weighted by Crippen LogP contribution is 2.23. The molecule has 0 unspecified atom stereocenters. The lowest BCUT2D eigenvalue weighted by Crippen LogP contribution is -2.50. The first-order valence-corrected chi connectivity index (χ1v) is 12.0.